The average Bonchev–Trinajstić information content (AvgIpc) is 2.07. The number of oxime groups is 1. The predicted molar refractivity (Wildman–Crippen MR) is 42.5 cm³/mol. The van der Waals surface area contributed by atoms with Crippen molar-refractivity contribution in [1.82, 2.24) is 0 Å². The van der Waals surface area contributed by atoms with E-state index in [0.29, 0.717) is 6.07 Å². The largest absolute Gasteiger partial charge is 0.507 e. The molecule has 0 aliphatic heterocycles. The van der Waals surface area contributed by atoms with Gasteiger partial charge in [0, 0.05) is 5.56 Å². The van der Waals surface area contributed by atoms with Gasteiger partial charge in [-0.25, -0.2) is 0 Å². The van der Waals surface area contributed by atoms with Crippen LogP contribution >= 0.6 is 0 Å². The van der Waals surface area contributed by atoms with E-state index in [9.17, 15) is 13.2 Å². The first-order valence-electron chi connectivity index (χ1n) is 3.53. The number of halogens is 3. The van der Waals surface area contributed by atoms with Gasteiger partial charge in [0.2, 0.25) is 0 Å². The molecule has 1 rings (SSSR count). The minimum absolute atomic E-state index is 0.192. The summed E-state index contributed by atoms with van der Waals surface area (Å²) in [5.41, 5.74) is -1.10. The molecule has 76 valence electrons. The van der Waals surface area contributed by atoms with Gasteiger partial charge in [-0.2, -0.15) is 13.2 Å². The second kappa shape index (κ2) is 3.57. The number of benzene rings is 1. The van der Waals surface area contributed by atoms with Crippen LogP contribution in [0.25, 0.3) is 0 Å². The van der Waals surface area contributed by atoms with Crippen molar-refractivity contribution in [3.05, 3.63) is 29.3 Å². The topological polar surface area (TPSA) is 52.8 Å². The Kier molecular flexibility index (Phi) is 2.64. The van der Waals surface area contributed by atoms with Crippen LogP contribution in [-0.4, -0.2) is 16.5 Å². The van der Waals surface area contributed by atoms with Gasteiger partial charge in [-0.3, -0.25) is 0 Å². The maximum atomic E-state index is 12.2. The first-order chi connectivity index (χ1) is 6.45. The lowest BCUT2D eigenvalue weighted by Crippen LogP contribution is -2.05. The van der Waals surface area contributed by atoms with Crippen LogP contribution in [0.3, 0.4) is 0 Å². The number of rotatable bonds is 1. The lowest BCUT2D eigenvalue weighted by Gasteiger charge is -2.07. The zero-order chi connectivity index (χ0) is 10.8. The van der Waals surface area contributed by atoms with Crippen LogP contribution in [0.4, 0.5) is 13.2 Å². The summed E-state index contributed by atoms with van der Waals surface area (Å²) >= 11 is 0. The van der Waals surface area contributed by atoms with E-state index >= 15 is 0 Å². The molecular weight excluding hydrogens is 199 g/mol. The van der Waals surface area contributed by atoms with Crippen molar-refractivity contribution in [2.75, 3.05) is 0 Å². The smallest absolute Gasteiger partial charge is 0.416 e. The first kappa shape index (κ1) is 10.4. The number of alkyl halides is 3. The van der Waals surface area contributed by atoms with Gasteiger partial charge in [0.05, 0.1) is 11.8 Å². The second-order valence-electron chi connectivity index (χ2n) is 2.52. The normalized spacial score (nSPS) is 12.2. The highest BCUT2D eigenvalue weighted by molar-refractivity contribution is 5.83. The van der Waals surface area contributed by atoms with E-state index in [1.165, 1.54) is 0 Å². The molecule has 6 heteroatoms. The highest BCUT2D eigenvalue weighted by Gasteiger charge is 2.30. The molecule has 3 nitrogen and oxygen atoms in total. The number of hydrogen-bond donors (Lipinski definition) is 2. The number of phenolic OH excluding ortho intramolecular Hbond substituents is 1. The van der Waals surface area contributed by atoms with Gasteiger partial charge < -0.3 is 10.3 Å². The van der Waals surface area contributed by atoms with Gasteiger partial charge in [0.25, 0.3) is 0 Å². The molecule has 2 N–H and O–H groups in total. The van der Waals surface area contributed by atoms with Crippen molar-refractivity contribution in [2.24, 2.45) is 5.16 Å². The molecule has 0 bridgehead atoms. The Hall–Kier alpha value is -1.72. The van der Waals surface area contributed by atoms with Gasteiger partial charge in [-0.15, -0.1) is 0 Å². The molecule has 0 radical (unpaired) electrons. The van der Waals surface area contributed by atoms with E-state index in [4.69, 9.17) is 10.3 Å². The monoisotopic (exact) mass is 205 g/mol. The van der Waals surface area contributed by atoms with Crippen LogP contribution < -0.4 is 0 Å². The predicted octanol–water partition coefficient (Wildman–Crippen LogP) is 2.22. The fraction of sp³-hybridized carbons (Fsp3) is 0.125. The van der Waals surface area contributed by atoms with Crippen LogP contribution in [0.5, 0.6) is 5.75 Å². The van der Waals surface area contributed by atoms with Crippen molar-refractivity contribution >= 4 is 6.21 Å². The first-order valence-corrected chi connectivity index (χ1v) is 3.53. The lowest BCUT2D eigenvalue weighted by atomic mass is 10.1. The molecule has 0 aliphatic carbocycles. The van der Waals surface area contributed by atoms with Crippen LogP contribution in [0.15, 0.2) is 23.4 Å². The molecule has 0 fully saturated rings. The summed E-state index contributed by atoms with van der Waals surface area (Å²) in [7, 11) is 0. The Bertz CT molecular complexity index is 360. The quantitative estimate of drug-likeness (QED) is 0.419. The summed E-state index contributed by atoms with van der Waals surface area (Å²) in [6, 6.07) is 2.32. The Morgan fingerprint density at radius 1 is 1.29 bits per heavy atom. The lowest BCUT2D eigenvalue weighted by molar-refractivity contribution is -0.137. The molecule has 14 heavy (non-hydrogen) atoms. The highest BCUT2D eigenvalue weighted by atomic mass is 19.4. The minimum Gasteiger partial charge on any atom is -0.507 e. The molecular formula is C8H6F3NO2. The van der Waals surface area contributed by atoms with Crippen LogP contribution in [0.2, 0.25) is 0 Å². The molecule has 0 aromatic heterocycles. The maximum absolute atomic E-state index is 12.2. The summed E-state index contributed by atoms with van der Waals surface area (Å²) in [6.45, 7) is 0. The molecule has 0 saturated carbocycles. The van der Waals surface area contributed by atoms with Crippen molar-refractivity contribution in [2.45, 2.75) is 6.18 Å². The zero-order valence-electron chi connectivity index (χ0n) is 6.78. The molecule has 0 saturated heterocycles. The molecule has 0 amide bonds. The van der Waals surface area contributed by atoms with Crippen molar-refractivity contribution < 1.29 is 23.5 Å². The van der Waals surface area contributed by atoms with E-state index in [1.54, 1.807) is 0 Å². The second-order valence-corrected chi connectivity index (χ2v) is 2.52. The molecule has 0 aliphatic rings. The third-order valence-corrected chi connectivity index (χ3v) is 1.55. The van der Waals surface area contributed by atoms with Crippen molar-refractivity contribution in [1.29, 1.82) is 0 Å². The van der Waals surface area contributed by atoms with Gasteiger partial charge in [-0.1, -0.05) is 5.16 Å². The Morgan fingerprint density at radius 2 is 1.93 bits per heavy atom. The standard InChI is InChI=1S/C8H6F3NO2/c9-8(10,11)6-1-2-7(13)5(3-6)4-12-14/h1-4,13-14H. The number of hydrogen-bond acceptors (Lipinski definition) is 3. The van der Waals surface area contributed by atoms with Crippen LogP contribution in [-0.2, 0) is 6.18 Å². The minimum atomic E-state index is -4.48. The third-order valence-electron chi connectivity index (χ3n) is 1.55. The highest BCUT2D eigenvalue weighted by Crippen LogP contribution is 2.31. The molecule has 0 unspecified atom stereocenters. The summed E-state index contributed by atoms with van der Waals surface area (Å²) < 4.78 is 36.5. The Labute approximate surface area is 77.1 Å². The fourth-order valence-corrected chi connectivity index (χ4v) is 0.896. The fourth-order valence-electron chi connectivity index (χ4n) is 0.896. The van der Waals surface area contributed by atoms with Gasteiger partial charge in [-0.05, 0) is 18.2 Å². The number of nitrogens with zero attached hydrogens (tertiary/aromatic N) is 1. The van der Waals surface area contributed by atoms with Crippen LogP contribution in [0.1, 0.15) is 11.1 Å². The Balaban J connectivity index is 3.19. The number of aromatic hydroxyl groups is 1. The van der Waals surface area contributed by atoms with Crippen LogP contribution in [0, 0.1) is 0 Å². The SMILES string of the molecule is ON=Cc1cc(C(F)(F)F)ccc1O. The van der Waals surface area contributed by atoms with E-state index in [2.05, 4.69) is 5.16 Å². The molecule has 0 heterocycles. The molecule has 0 atom stereocenters. The molecule has 1 aromatic rings. The zero-order valence-corrected chi connectivity index (χ0v) is 6.78. The van der Waals surface area contributed by atoms with E-state index in [1.807, 2.05) is 0 Å². The summed E-state index contributed by atoms with van der Waals surface area (Å²) in [5.74, 6) is -0.379. The van der Waals surface area contributed by atoms with E-state index in [-0.39, 0.29) is 11.3 Å². The van der Waals surface area contributed by atoms with Gasteiger partial charge in [0.15, 0.2) is 0 Å². The summed E-state index contributed by atoms with van der Waals surface area (Å²) in [4.78, 5) is 0. The van der Waals surface area contributed by atoms with E-state index in [0.717, 1.165) is 18.3 Å². The third kappa shape index (κ3) is 2.15. The summed E-state index contributed by atoms with van der Waals surface area (Å²) in [5, 5.41) is 19.7. The van der Waals surface area contributed by atoms with Gasteiger partial charge in [0.1, 0.15) is 5.75 Å². The molecule has 0 spiro atoms. The maximum Gasteiger partial charge on any atom is 0.416 e. The van der Waals surface area contributed by atoms with Crippen molar-refractivity contribution in [3.8, 4) is 5.75 Å². The molecule has 1 aromatic carbocycles. The Morgan fingerprint density at radius 3 is 2.43 bits per heavy atom. The average molecular weight is 205 g/mol. The van der Waals surface area contributed by atoms with Gasteiger partial charge >= 0.3 is 6.18 Å². The summed E-state index contributed by atoms with van der Waals surface area (Å²) in [6.07, 6.45) is -3.75. The van der Waals surface area contributed by atoms with Crippen molar-refractivity contribution in [3.63, 3.8) is 0 Å². The van der Waals surface area contributed by atoms with E-state index < -0.39 is 11.7 Å². The number of phenols is 1.